The third-order valence-corrected chi connectivity index (χ3v) is 2.42. The summed E-state index contributed by atoms with van der Waals surface area (Å²) in [5, 5.41) is 0. The van der Waals surface area contributed by atoms with Crippen LogP contribution in [0.4, 0.5) is 14.5 Å². The molecular weight excluding hydrogens is 254 g/mol. The predicted molar refractivity (Wildman–Crippen MR) is 65.8 cm³/mol. The first-order valence-electron chi connectivity index (χ1n) is 5.29. The highest BCUT2D eigenvalue weighted by atomic mass is 19.2. The number of amides is 1. The average Bonchev–Trinajstić information content (AvgIpc) is 2.36. The van der Waals surface area contributed by atoms with Gasteiger partial charge in [-0.25, -0.2) is 8.78 Å². The van der Waals surface area contributed by atoms with Gasteiger partial charge in [-0.2, -0.15) is 0 Å². The van der Waals surface area contributed by atoms with E-state index in [2.05, 4.69) is 0 Å². The molecule has 0 radical (unpaired) electrons. The van der Waals surface area contributed by atoms with Crippen LogP contribution in [0, 0.1) is 11.6 Å². The van der Waals surface area contributed by atoms with Crippen LogP contribution in [0.3, 0.4) is 0 Å². The van der Waals surface area contributed by atoms with Gasteiger partial charge in [-0.05, 0) is 30.3 Å². The Hall–Kier alpha value is -2.63. The van der Waals surface area contributed by atoms with Crippen molar-refractivity contribution >= 4 is 11.6 Å². The van der Waals surface area contributed by atoms with Gasteiger partial charge in [0.05, 0.1) is 5.69 Å². The quantitative estimate of drug-likeness (QED) is 0.836. The largest absolute Gasteiger partial charge is 0.455 e. The topological polar surface area (TPSA) is 78.3 Å². The van der Waals surface area contributed by atoms with Gasteiger partial charge in [-0.15, -0.1) is 0 Å². The van der Waals surface area contributed by atoms with E-state index >= 15 is 0 Å². The zero-order valence-electron chi connectivity index (χ0n) is 9.69. The van der Waals surface area contributed by atoms with Crippen molar-refractivity contribution in [1.29, 1.82) is 0 Å². The van der Waals surface area contributed by atoms with Gasteiger partial charge in [0, 0.05) is 11.6 Å². The van der Waals surface area contributed by atoms with Crippen LogP contribution in [0.25, 0.3) is 0 Å². The highest BCUT2D eigenvalue weighted by Gasteiger charge is 2.09. The summed E-state index contributed by atoms with van der Waals surface area (Å²) in [5.74, 6) is -2.46. The van der Waals surface area contributed by atoms with Crippen molar-refractivity contribution in [2.45, 2.75) is 0 Å². The van der Waals surface area contributed by atoms with Gasteiger partial charge < -0.3 is 16.2 Å². The van der Waals surface area contributed by atoms with E-state index in [1.807, 2.05) is 0 Å². The third kappa shape index (κ3) is 2.79. The Morgan fingerprint density at radius 2 is 1.79 bits per heavy atom. The first-order valence-corrected chi connectivity index (χ1v) is 5.29. The molecule has 0 saturated heterocycles. The summed E-state index contributed by atoms with van der Waals surface area (Å²) in [6, 6.07) is 7.27. The molecule has 0 bridgehead atoms. The molecule has 0 heterocycles. The first kappa shape index (κ1) is 12.8. The Morgan fingerprint density at radius 1 is 1.05 bits per heavy atom. The zero-order valence-corrected chi connectivity index (χ0v) is 9.69. The van der Waals surface area contributed by atoms with E-state index in [0.717, 1.165) is 12.1 Å². The van der Waals surface area contributed by atoms with Gasteiger partial charge >= 0.3 is 0 Å². The molecule has 6 heteroatoms. The van der Waals surface area contributed by atoms with Crippen molar-refractivity contribution in [1.82, 2.24) is 0 Å². The molecule has 0 aliphatic carbocycles. The number of nitrogen functional groups attached to an aromatic ring is 1. The summed E-state index contributed by atoms with van der Waals surface area (Å²) < 4.78 is 31.1. The fraction of sp³-hybridized carbons (Fsp3) is 0. The molecular formula is C13H10F2N2O2. The van der Waals surface area contributed by atoms with Crippen LogP contribution in [-0.4, -0.2) is 5.91 Å². The SMILES string of the molecule is NC(=O)c1ccc(N)c(Oc2ccc(F)c(F)c2)c1. The maximum atomic E-state index is 13.0. The number of benzene rings is 2. The minimum absolute atomic E-state index is 0.0622. The van der Waals surface area contributed by atoms with E-state index in [-0.39, 0.29) is 22.7 Å². The van der Waals surface area contributed by atoms with E-state index in [9.17, 15) is 13.6 Å². The molecule has 0 saturated carbocycles. The van der Waals surface area contributed by atoms with Gasteiger partial charge in [0.2, 0.25) is 5.91 Å². The van der Waals surface area contributed by atoms with E-state index in [4.69, 9.17) is 16.2 Å². The molecule has 0 aromatic heterocycles. The van der Waals surface area contributed by atoms with Crippen molar-refractivity contribution in [3.05, 3.63) is 53.6 Å². The highest BCUT2D eigenvalue weighted by Crippen LogP contribution is 2.29. The molecule has 4 N–H and O–H groups in total. The molecule has 0 unspecified atom stereocenters. The molecule has 1 amide bonds. The van der Waals surface area contributed by atoms with E-state index in [0.29, 0.717) is 0 Å². The Balaban J connectivity index is 2.34. The minimum atomic E-state index is -1.04. The monoisotopic (exact) mass is 264 g/mol. The summed E-state index contributed by atoms with van der Waals surface area (Å²) in [7, 11) is 0. The van der Waals surface area contributed by atoms with Crippen LogP contribution >= 0.6 is 0 Å². The van der Waals surface area contributed by atoms with Crippen LogP contribution in [0.5, 0.6) is 11.5 Å². The third-order valence-electron chi connectivity index (χ3n) is 2.42. The van der Waals surface area contributed by atoms with Crippen LogP contribution in [0.2, 0.25) is 0 Å². The standard InChI is InChI=1S/C13H10F2N2O2/c14-9-3-2-8(6-10(9)15)19-12-5-7(13(17)18)1-4-11(12)16/h1-6H,16H2,(H2,17,18). The van der Waals surface area contributed by atoms with Gasteiger partial charge in [-0.1, -0.05) is 0 Å². The number of nitrogens with two attached hydrogens (primary N) is 2. The lowest BCUT2D eigenvalue weighted by Gasteiger charge is -2.09. The first-order chi connectivity index (χ1) is 8.97. The number of hydrogen-bond acceptors (Lipinski definition) is 3. The summed E-state index contributed by atoms with van der Waals surface area (Å²) in [6.07, 6.45) is 0. The highest BCUT2D eigenvalue weighted by molar-refractivity contribution is 5.93. The fourth-order valence-corrected chi connectivity index (χ4v) is 1.44. The van der Waals surface area contributed by atoms with Crippen molar-refractivity contribution in [2.75, 3.05) is 5.73 Å². The maximum Gasteiger partial charge on any atom is 0.248 e. The number of rotatable bonds is 3. The second-order valence-electron chi connectivity index (χ2n) is 3.79. The van der Waals surface area contributed by atoms with Crippen LogP contribution in [0.15, 0.2) is 36.4 Å². The van der Waals surface area contributed by atoms with Gasteiger partial charge in [-0.3, -0.25) is 4.79 Å². The lowest BCUT2D eigenvalue weighted by atomic mass is 10.2. The number of carbonyl (C=O) groups excluding carboxylic acids is 1. The molecule has 0 fully saturated rings. The molecule has 2 aromatic carbocycles. The molecule has 0 atom stereocenters. The second-order valence-corrected chi connectivity index (χ2v) is 3.79. The number of ether oxygens (including phenoxy) is 1. The summed E-state index contributed by atoms with van der Waals surface area (Å²) in [6.45, 7) is 0. The van der Waals surface area contributed by atoms with Crippen molar-refractivity contribution in [3.8, 4) is 11.5 Å². The van der Waals surface area contributed by atoms with Gasteiger partial charge in [0.25, 0.3) is 0 Å². The molecule has 4 nitrogen and oxygen atoms in total. The van der Waals surface area contributed by atoms with E-state index in [1.54, 1.807) is 0 Å². The second kappa shape index (κ2) is 4.93. The average molecular weight is 264 g/mol. The van der Waals surface area contributed by atoms with Crippen molar-refractivity contribution in [3.63, 3.8) is 0 Å². The summed E-state index contributed by atoms with van der Waals surface area (Å²) in [4.78, 5) is 11.0. The Bertz CT molecular complexity index is 645. The smallest absolute Gasteiger partial charge is 0.248 e. The van der Waals surface area contributed by atoms with Gasteiger partial charge in [0.1, 0.15) is 5.75 Å². The fourth-order valence-electron chi connectivity index (χ4n) is 1.44. The summed E-state index contributed by atoms with van der Waals surface area (Å²) >= 11 is 0. The number of halogens is 2. The summed E-state index contributed by atoms with van der Waals surface area (Å²) in [5.41, 5.74) is 11.2. The lowest BCUT2D eigenvalue weighted by molar-refractivity contribution is 0.1000. The van der Waals surface area contributed by atoms with Crippen LogP contribution in [0.1, 0.15) is 10.4 Å². The maximum absolute atomic E-state index is 13.0. The Kier molecular flexibility index (Phi) is 3.33. The number of hydrogen-bond donors (Lipinski definition) is 2. The number of anilines is 1. The predicted octanol–water partition coefficient (Wildman–Crippen LogP) is 2.44. The molecule has 98 valence electrons. The Morgan fingerprint density at radius 3 is 2.42 bits per heavy atom. The van der Waals surface area contributed by atoms with E-state index in [1.165, 1.54) is 24.3 Å². The van der Waals surface area contributed by atoms with E-state index < -0.39 is 17.5 Å². The molecule has 0 spiro atoms. The molecule has 2 aromatic rings. The minimum Gasteiger partial charge on any atom is -0.455 e. The molecule has 19 heavy (non-hydrogen) atoms. The number of primary amides is 1. The molecule has 0 aliphatic heterocycles. The van der Waals surface area contributed by atoms with Gasteiger partial charge in [0.15, 0.2) is 17.4 Å². The zero-order chi connectivity index (χ0) is 14.0. The Labute approximate surface area is 107 Å². The van der Waals surface area contributed by atoms with Crippen LogP contribution in [-0.2, 0) is 0 Å². The molecule has 2 rings (SSSR count). The van der Waals surface area contributed by atoms with Crippen LogP contribution < -0.4 is 16.2 Å². The normalized spacial score (nSPS) is 10.2. The number of carbonyl (C=O) groups is 1. The lowest BCUT2D eigenvalue weighted by Crippen LogP contribution is -2.11. The van der Waals surface area contributed by atoms with Crippen molar-refractivity contribution < 1.29 is 18.3 Å². The van der Waals surface area contributed by atoms with Crippen molar-refractivity contribution in [2.24, 2.45) is 5.73 Å². The molecule has 0 aliphatic rings.